The van der Waals surface area contributed by atoms with Gasteiger partial charge in [0.1, 0.15) is 29.3 Å². The molecule has 2 aliphatic rings. The van der Waals surface area contributed by atoms with E-state index in [1.165, 1.54) is 35.4 Å². The smallest absolute Gasteiger partial charge is 0.415 e. The third-order valence-electron chi connectivity index (χ3n) is 5.99. The third kappa shape index (κ3) is 4.78. The first-order chi connectivity index (χ1) is 17.5. The number of carbonyl (C=O) groups excluding carboxylic acids is 2. The van der Waals surface area contributed by atoms with Crippen molar-refractivity contribution in [2.24, 2.45) is 0 Å². The van der Waals surface area contributed by atoms with Crippen LogP contribution in [0, 0.1) is 5.82 Å². The Morgan fingerprint density at radius 2 is 1.95 bits per heavy atom. The first kappa shape index (κ1) is 24.8. The molecule has 2 fully saturated rings. The van der Waals surface area contributed by atoms with Crippen molar-refractivity contribution in [2.75, 3.05) is 37.0 Å². The van der Waals surface area contributed by atoms with Gasteiger partial charge in [0.05, 0.1) is 43.6 Å². The van der Waals surface area contributed by atoms with Gasteiger partial charge in [-0.05, 0) is 45.0 Å². The van der Waals surface area contributed by atoms with E-state index in [2.05, 4.69) is 15.3 Å². The second kappa shape index (κ2) is 8.91. The van der Waals surface area contributed by atoms with Crippen LogP contribution in [0.2, 0.25) is 5.02 Å². The Morgan fingerprint density at radius 3 is 2.62 bits per heavy atom. The number of nitrogens with one attached hydrogen (secondary N) is 1. The number of benzene rings is 2. The van der Waals surface area contributed by atoms with E-state index in [4.69, 9.17) is 25.8 Å². The van der Waals surface area contributed by atoms with E-state index >= 15 is 0 Å². The molecule has 0 unspecified atom stereocenters. The second-order valence-electron chi connectivity index (χ2n) is 9.99. The number of amides is 2. The highest BCUT2D eigenvalue weighted by Gasteiger charge is 2.56. The molecule has 37 heavy (non-hydrogen) atoms. The number of fused-ring (bicyclic) bond motifs is 1. The highest BCUT2D eigenvalue weighted by molar-refractivity contribution is 6.30. The lowest BCUT2D eigenvalue weighted by molar-refractivity contribution is -0.0779. The lowest BCUT2D eigenvalue weighted by Gasteiger charge is -2.45. The fourth-order valence-electron chi connectivity index (χ4n) is 4.34. The number of likely N-dealkylation sites (tertiary alicyclic amines) is 1. The Labute approximate surface area is 217 Å². The second-order valence-corrected chi connectivity index (χ2v) is 10.4. The van der Waals surface area contributed by atoms with Gasteiger partial charge in [-0.1, -0.05) is 11.6 Å². The molecule has 3 aromatic rings. The maximum Gasteiger partial charge on any atom is 0.415 e. The SMILES string of the molecule is COc1cc2ncnc(Nc3ccc(Cl)cc3F)c2cc1N1CC2(CN(C(=O)OC(C)(C)C)C2)OC1=O. The fourth-order valence-corrected chi connectivity index (χ4v) is 4.50. The monoisotopic (exact) mass is 529 g/mol. The normalized spacial score (nSPS) is 16.5. The van der Waals surface area contributed by atoms with Crippen molar-refractivity contribution < 1.29 is 28.2 Å². The Hall–Kier alpha value is -3.86. The zero-order chi connectivity index (χ0) is 26.5. The van der Waals surface area contributed by atoms with Crippen molar-refractivity contribution in [3.63, 3.8) is 0 Å². The molecule has 3 heterocycles. The predicted octanol–water partition coefficient (Wildman–Crippen LogP) is 5.12. The molecule has 1 spiro atoms. The van der Waals surface area contributed by atoms with Crippen LogP contribution in [0.5, 0.6) is 5.75 Å². The molecule has 194 valence electrons. The number of anilines is 3. The number of hydrogen-bond donors (Lipinski definition) is 1. The third-order valence-corrected chi connectivity index (χ3v) is 6.23. The lowest BCUT2D eigenvalue weighted by atomic mass is 9.94. The molecule has 2 aliphatic heterocycles. The van der Waals surface area contributed by atoms with Gasteiger partial charge in [-0.25, -0.2) is 23.9 Å². The van der Waals surface area contributed by atoms with E-state index in [9.17, 15) is 14.0 Å². The van der Waals surface area contributed by atoms with E-state index in [-0.39, 0.29) is 30.3 Å². The van der Waals surface area contributed by atoms with Crippen molar-refractivity contribution in [2.45, 2.75) is 32.0 Å². The summed E-state index contributed by atoms with van der Waals surface area (Å²) in [7, 11) is 1.48. The van der Waals surface area contributed by atoms with E-state index < -0.39 is 29.2 Å². The number of aromatic nitrogens is 2. The molecular weight excluding hydrogens is 505 g/mol. The quantitative estimate of drug-likeness (QED) is 0.496. The molecular formula is C25H25ClFN5O5. The van der Waals surface area contributed by atoms with E-state index in [1.807, 2.05) is 0 Å². The molecule has 2 aromatic carbocycles. The summed E-state index contributed by atoms with van der Waals surface area (Å²) in [4.78, 5) is 36.8. The van der Waals surface area contributed by atoms with Crippen LogP contribution in [0.25, 0.3) is 10.9 Å². The van der Waals surface area contributed by atoms with Gasteiger partial charge in [-0.3, -0.25) is 9.80 Å². The highest BCUT2D eigenvalue weighted by atomic mass is 35.5. The maximum atomic E-state index is 14.4. The minimum absolute atomic E-state index is 0.179. The number of ether oxygens (including phenoxy) is 3. The summed E-state index contributed by atoms with van der Waals surface area (Å²) < 4.78 is 31.1. The largest absolute Gasteiger partial charge is 0.494 e. The van der Waals surface area contributed by atoms with Crippen LogP contribution in [0.15, 0.2) is 36.7 Å². The van der Waals surface area contributed by atoms with Crippen molar-refractivity contribution in [3.8, 4) is 5.75 Å². The molecule has 1 N–H and O–H groups in total. The summed E-state index contributed by atoms with van der Waals surface area (Å²) in [5, 5.41) is 3.77. The summed E-state index contributed by atoms with van der Waals surface area (Å²) in [5.41, 5.74) is -0.344. The predicted molar refractivity (Wildman–Crippen MR) is 135 cm³/mol. The van der Waals surface area contributed by atoms with Crippen LogP contribution in [-0.2, 0) is 9.47 Å². The summed E-state index contributed by atoms with van der Waals surface area (Å²) in [6.07, 6.45) is 0.311. The highest BCUT2D eigenvalue weighted by Crippen LogP contribution is 2.41. The summed E-state index contributed by atoms with van der Waals surface area (Å²) >= 11 is 5.86. The van der Waals surface area contributed by atoms with Gasteiger partial charge >= 0.3 is 12.2 Å². The summed E-state index contributed by atoms with van der Waals surface area (Å²) in [6, 6.07) is 7.62. The number of carbonyl (C=O) groups is 2. The first-order valence-corrected chi connectivity index (χ1v) is 11.9. The zero-order valence-electron chi connectivity index (χ0n) is 20.7. The number of halogens is 2. The van der Waals surface area contributed by atoms with Gasteiger partial charge in [0, 0.05) is 16.5 Å². The molecule has 0 radical (unpaired) electrons. The van der Waals surface area contributed by atoms with Gasteiger partial charge in [0.15, 0.2) is 5.60 Å². The fraction of sp³-hybridized carbons (Fsp3) is 0.360. The van der Waals surface area contributed by atoms with E-state index in [0.29, 0.717) is 28.2 Å². The molecule has 10 nitrogen and oxygen atoms in total. The maximum absolute atomic E-state index is 14.4. The zero-order valence-corrected chi connectivity index (χ0v) is 21.4. The molecule has 2 saturated heterocycles. The van der Waals surface area contributed by atoms with Crippen molar-refractivity contribution >= 4 is 51.9 Å². The van der Waals surface area contributed by atoms with Gasteiger partial charge in [0.25, 0.3) is 0 Å². The lowest BCUT2D eigenvalue weighted by Crippen LogP contribution is -2.66. The van der Waals surface area contributed by atoms with Crippen LogP contribution >= 0.6 is 11.6 Å². The molecule has 1 aromatic heterocycles. The molecule has 0 saturated carbocycles. The van der Waals surface area contributed by atoms with Crippen LogP contribution < -0.4 is 15.0 Å². The van der Waals surface area contributed by atoms with E-state index in [1.54, 1.807) is 39.0 Å². The van der Waals surface area contributed by atoms with Crippen molar-refractivity contribution in [3.05, 3.63) is 47.5 Å². The first-order valence-electron chi connectivity index (χ1n) is 11.5. The number of hydrogen-bond acceptors (Lipinski definition) is 8. The average Bonchev–Trinajstić information content (AvgIpc) is 3.15. The van der Waals surface area contributed by atoms with Gasteiger partial charge < -0.3 is 19.5 Å². The standard InChI is InChI=1S/C25H25ClFN5O5/c1-24(2,3)36-22(33)31-10-25(11-31)12-32(23(34)37-25)19-8-15-18(9-20(19)35-4)28-13-29-21(15)30-17-6-5-14(26)7-16(17)27/h5-9,13H,10-12H2,1-4H3,(H,28,29,30). The number of nitrogens with zero attached hydrogens (tertiary/aromatic N) is 4. The summed E-state index contributed by atoms with van der Waals surface area (Å²) in [5.74, 6) is 0.182. The van der Waals surface area contributed by atoms with Crippen LogP contribution in [0.1, 0.15) is 20.8 Å². The number of methoxy groups -OCH3 is 1. The molecule has 12 heteroatoms. The van der Waals surface area contributed by atoms with Crippen molar-refractivity contribution in [1.29, 1.82) is 0 Å². The van der Waals surface area contributed by atoms with E-state index in [0.717, 1.165) is 0 Å². The van der Waals surface area contributed by atoms with Crippen LogP contribution in [-0.4, -0.2) is 65.0 Å². The summed E-state index contributed by atoms with van der Waals surface area (Å²) in [6.45, 7) is 6.00. The Balaban J connectivity index is 1.43. The van der Waals surface area contributed by atoms with Gasteiger partial charge in [-0.15, -0.1) is 0 Å². The molecule has 2 amide bonds. The van der Waals surface area contributed by atoms with Crippen LogP contribution in [0.4, 0.5) is 31.2 Å². The van der Waals surface area contributed by atoms with Gasteiger partial charge in [0.2, 0.25) is 0 Å². The molecule has 0 bridgehead atoms. The molecule has 0 atom stereocenters. The van der Waals surface area contributed by atoms with Crippen LogP contribution in [0.3, 0.4) is 0 Å². The minimum Gasteiger partial charge on any atom is -0.494 e. The van der Waals surface area contributed by atoms with Gasteiger partial charge in [-0.2, -0.15) is 0 Å². The molecule has 0 aliphatic carbocycles. The molecule has 5 rings (SSSR count). The minimum atomic E-state index is -0.853. The Bertz CT molecular complexity index is 1410. The topological polar surface area (TPSA) is 106 Å². The van der Waals surface area contributed by atoms with Crippen molar-refractivity contribution in [1.82, 2.24) is 14.9 Å². The number of rotatable bonds is 4. The average molecular weight is 530 g/mol. The Morgan fingerprint density at radius 1 is 1.19 bits per heavy atom. The Kier molecular flexibility index (Phi) is 5.98.